The number of aromatic hydroxyl groups is 1. The Morgan fingerprint density at radius 2 is 1.96 bits per heavy atom. The number of nitrogens with zero attached hydrogens (tertiary/aromatic N) is 1. The number of nitrogens with two attached hydrogens (primary N) is 1. The van der Waals surface area contributed by atoms with Gasteiger partial charge in [0.15, 0.2) is 5.56 Å². The van der Waals surface area contributed by atoms with E-state index in [1.807, 2.05) is 18.2 Å². The molecule has 5 rings (SSSR count). The number of carbonyl (C=O) groups is 1. The Morgan fingerprint density at radius 3 is 2.64 bits per heavy atom. The molecule has 0 unspecified atom stereocenters. The normalized spacial score (nSPS) is 24.2. The zero-order valence-electron chi connectivity index (χ0n) is 14.9. The molecule has 28 heavy (non-hydrogen) atoms. The van der Waals surface area contributed by atoms with Crippen LogP contribution < -0.4 is 21.5 Å². The average molecular weight is 405 g/mol. The largest absolute Gasteiger partial charge is 0.506 e. The molecule has 0 bridgehead atoms. The molecule has 3 aliphatic rings. The molecule has 8 nitrogen and oxygen atoms in total. The fraction of sp³-hybridized carbons (Fsp3) is 0.368. The number of hydrogen-bond acceptors (Lipinski definition) is 6. The number of anilines is 2. The molecule has 1 saturated heterocycles. The second kappa shape index (κ2) is 6.42. The van der Waals surface area contributed by atoms with Gasteiger partial charge in [-0.25, -0.2) is 4.79 Å². The van der Waals surface area contributed by atoms with E-state index in [0.717, 1.165) is 30.0 Å². The molecule has 6 N–H and O–H groups in total. The standard InChI is InChI=1S/C19H20N4O4.ClH/c20-15-11-6-23(7-12(11)15)8-1-2-9-13(5-8)21-4-3-10-16(9)22-18(25)14(17(10)24)19(26)27;/h1-2,5,11-12,15,21H,3-4,6-7,20H2,(H,26,27)(H2,22,24,25);1H/t11-,12+,15+;. The van der Waals surface area contributed by atoms with Crippen LogP contribution in [0.4, 0.5) is 11.4 Å². The van der Waals surface area contributed by atoms with Gasteiger partial charge in [-0.1, -0.05) is 0 Å². The summed E-state index contributed by atoms with van der Waals surface area (Å²) < 4.78 is 0. The number of benzene rings is 1. The number of carboxylic acids is 1. The maximum absolute atomic E-state index is 12.2. The lowest BCUT2D eigenvalue weighted by Gasteiger charge is -2.23. The van der Waals surface area contributed by atoms with Gasteiger partial charge in [0.25, 0.3) is 5.56 Å². The highest BCUT2D eigenvalue weighted by atomic mass is 35.5. The lowest BCUT2D eigenvalue weighted by atomic mass is 10.00. The molecule has 1 aromatic carbocycles. The first-order valence-electron chi connectivity index (χ1n) is 9.06. The number of aromatic amines is 1. The number of pyridine rings is 1. The Labute approximate surface area is 166 Å². The Hall–Kier alpha value is -2.71. The molecule has 0 amide bonds. The molecule has 1 aromatic heterocycles. The third kappa shape index (κ3) is 2.63. The van der Waals surface area contributed by atoms with E-state index in [1.54, 1.807) is 0 Å². The first-order valence-corrected chi connectivity index (χ1v) is 9.06. The van der Waals surface area contributed by atoms with E-state index >= 15 is 0 Å². The second-order valence-electron chi connectivity index (χ2n) is 7.55. The number of rotatable bonds is 2. The van der Waals surface area contributed by atoms with Crippen LogP contribution in [-0.2, 0) is 6.42 Å². The quantitative estimate of drug-likeness (QED) is 0.508. The molecule has 0 radical (unpaired) electrons. The Bertz CT molecular complexity index is 1030. The second-order valence-corrected chi connectivity index (χ2v) is 7.55. The summed E-state index contributed by atoms with van der Waals surface area (Å²) in [4.78, 5) is 28.5. The molecular weight excluding hydrogens is 384 g/mol. The van der Waals surface area contributed by atoms with Gasteiger partial charge in [0.05, 0.1) is 5.69 Å². The molecular formula is C19H21ClN4O4. The van der Waals surface area contributed by atoms with Gasteiger partial charge in [-0.15, -0.1) is 12.4 Å². The molecule has 148 valence electrons. The van der Waals surface area contributed by atoms with Crippen LogP contribution >= 0.6 is 12.4 Å². The Morgan fingerprint density at radius 1 is 1.25 bits per heavy atom. The van der Waals surface area contributed by atoms with Crippen molar-refractivity contribution in [2.24, 2.45) is 17.6 Å². The van der Waals surface area contributed by atoms with Crippen molar-refractivity contribution in [3.05, 3.63) is 39.7 Å². The molecule has 2 fully saturated rings. The van der Waals surface area contributed by atoms with Crippen LogP contribution in [0.2, 0.25) is 0 Å². The molecule has 3 atom stereocenters. The van der Waals surface area contributed by atoms with E-state index in [2.05, 4.69) is 15.2 Å². The lowest BCUT2D eigenvalue weighted by Crippen LogP contribution is -2.27. The highest BCUT2D eigenvalue weighted by Crippen LogP contribution is 2.46. The molecule has 0 spiro atoms. The smallest absolute Gasteiger partial charge is 0.345 e. The van der Waals surface area contributed by atoms with Gasteiger partial charge in [-0.05, 0) is 36.5 Å². The van der Waals surface area contributed by atoms with Gasteiger partial charge in [-0.3, -0.25) is 4.79 Å². The number of hydrogen-bond donors (Lipinski definition) is 5. The van der Waals surface area contributed by atoms with Crippen LogP contribution in [-0.4, -0.2) is 46.8 Å². The van der Waals surface area contributed by atoms with Crippen LogP contribution in [0.5, 0.6) is 5.75 Å². The molecule has 9 heteroatoms. The van der Waals surface area contributed by atoms with Gasteiger partial charge in [0, 0.05) is 48.2 Å². The first-order chi connectivity index (χ1) is 13.0. The van der Waals surface area contributed by atoms with Crippen LogP contribution in [0.15, 0.2) is 23.0 Å². The SMILES string of the molecule is Cl.N[C@@H]1[C@H]2CN(c3ccc4c(c3)NCCc3c-4[nH]c(=O)c(C(=O)O)c3O)C[C@@H]12. The zero-order chi connectivity index (χ0) is 18.9. The van der Waals surface area contributed by atoms with Crippen molar-refractivity contribution >= 4 is 29.8 Å². The Kier molecular flexibility index (Phi) is 4.28. The van der Waals surface area contributed by atoms with Crippen molar-refractivity contribution in [1.29, 1.82) is 0 Å². The minimum Gasteiger partial charge on any atom is -0.506 e. The first kappa shape index (κ1) is 18.6. The van der Waals surface area contributed by atoms with Crippen molar-refractivity contribution in [1.82, 2.24) is 4.98 Å². The summed E-state index contributed by atoms with van der Waals surface area (Å²) in [6.07, 6.45) is 0.408. The van der Waals surface area contributed by atoms with Crippen molar-refractivity contribution in [3.8, 4) is 17.0 Å². The maximum Gasteiger partial charge on any atom is 0.345 e. The van der Waals surface area contributed by atoms with Crippen LogP contribution in [0.1, 0.15) is 15.9 Å². The number of halogens is 1. The van der Waals surface area contributed by atoms with Crippen molar-refractivity contribution in [2.45, 2.75) is 12.5 Å². The summed E-state index contributed by atoms with van der Waals surface area (Å²) in [7, 11) is 0. The minimum absolute atomic E-state index is 0. The molecule has 1 aliphatic carbocycles. The van der Waals surface area contributed by atoms with Gasteiger partial charge < -0.3 is 31.1 Å². The van der Waals surface area contributed by atoms with Crippen LogP contribution in [0.25, 0.3) is 11.3 Å². The topological polar surface area (TPSA) is 132 Å². The van der Waals surface area contributed by atoms with E-state index in [1.165, 1.54) is 0 Å². The monoisotopic (exact) mass is 404 g/mol. The third-order valence-electron chi connectivity index (χ3n) is 6.09. The predicted octanol–water partition coefficient (Wildman–Crippen LogP) is 1.23. The fourth-order valence-corrected chi connectivity index (χ4v) is 4.50. The van der Waals surface area contributed by atoms with E-state index in [4.69, 9.17) is 5.73 Å². The number of piperidine rings is 1. The number of nitrogens with one attached hydrogen (secondary N) is 2. The summed E-state index contributed by atoms with van der Waals surface area (Å²) in [6, 6.07) is 6.28. The summed E-state index contributed by atoms with van der Waals surface area (Å²) >= 11 is 0. The number of carboxylic acid groups (broad SMARTS) is 1. The summed E-state index contributed by atoms with van der Waals surface area (Å²) in [5.41, 5.74) is 8.22. The number of H-pyrrole nitrogens is 1. The van der Waals surface area contributed by atoms with Crippen molar-refractivity contribution in [2.75, 3.05) is 29.9 Å². The van der Waals surface area contributed by atoms with E-state index in [9.17, 15) is 19.8 Å². The predicted molar refractivity (Wildman–Crippen MR) is 108 cm³/mol. The highest BCUT2D eigenvalue weighted by Gasteiger charge is 2.53. The van der Waals surface area contributed by atoms with Crippen molar-refractivity contribution in [3.63, 3.8) is 0 Å². The van der Waals surface area contributed by atoms with Gasteiger partial charge in [0.2, 0.25) is 0 Å². The zero-order valence-corrected chi connectivity index (χ0v) is 15.8. The maximum atomic E-state index is 12.2. The van der Waals surface area contributed by atoms with E-state index in [-0.39, 0.29) is 12.4 Å². The Balaban J connectivity index is 0.00000192. The highest BCUT2D eigenvalue weighted by molar-refractivity contribution is 5.93. The average Bonchev–Trinajstić information content (AvgIpc) is 3.06. The van der Waals surface area contributed by atoms with Crippen LogP contribution in [0.3, 0.4) is 0 Å². The lowest BCUT2D eigenvalue weighted by molar-refractivity contribution is 0.0691. The van der Waals surface area contributed by atoms with E-state index < -0.39 is 22.8 Å². The summed E-state index contributed by atoms with van der Waals surface area (Å²) in [6.45, 7) is 2.44. The van der Waals surface area contributed by atoms with Gasteiger partial charge in [-0.2, -0.15) is 0 Å². The number of aromatic carboxylic acids is 1. The van der Waals surface area contributed by atoms with Crippen molar-refractivity contribution < 1.29 is 15.0 Å². The van der Waals surface area contributed by atoms with Gasteiger partial charge >= 0.3 is 5.97 Å². The van der Waals surface area contributed by atoms with Crippen LogP contribution in [0, 0.1) is 11.8 Å². The summed E-state index contributed by atoms with van der Waals surface area (Å²) in [5.74, 6) is -0.718. The minimum atomic E-state index is -1.44. The summed E-state index contributed by atoms with van der Waals surface area (Å²) in [5, 5.41) is 22.9. The third-order valence-corrected chi connectivity index (χ3v) is 6.09. The molecule has 2 aromatic rings. The van der Waals surface area contributed by atoms with Gasteiger partial charge in [0.1, 0.15) is 5.75 Å². The van der Waals surface area contributed by atoms with E-state index in [0.29, 0.717) is 42.1 Å². The molecule has 1 saturated carbocycles. The number of aromatic nitrogens is 1. The fourth-order valence-electron chi connectivity index (χ4n) is 4.50. The number of fused-ring (bicyclic) bond motifs is 4. The molecule has 3 heterocycles. The molecule has 2 aliphatic heterocycles.